The second-order valence-corrected chi connectivity index (χ2v) is 6.08. The van der Waals surface area contributed by atoms with Gasteiger partial charge in [0, 0.05) is 20.5 Å². The van der Waals surface area contributed by atoms with Crippen molar-refractivity contribution in [2.75, 3.05) is 33.3 Å². The van der Waals surface area contributed by atoms with Gasteiger partial charge in [-0.2, -0.15) is 0 Å². The zero-order valence-corrected chi connectivity index (χ0v) is 14.0. The van der Waals surface area contributed by atoms with Gasteiger partial charge in [0.2, 0.25) is 5.91 Å². The van der Waals surface area contributed by atoms with Crippen LogP contribution in [0.4, 0.5) is 4.39 Å². The van der Waals surface area contributed by atoms with E-state index in [1.165, 1.54) is 28.9 Å². The van der Waals surface area contributed by atoms with E-state index in [0.29, 0.717) is 19.4 Å². The van der Waals surface area contributed by atoms with Crippen molar-refractivity contribution >= 4 is 11.8 Å². The molecular formula is C17H23FN2O4. The molecule has 1 aliphatic rings. The molecule has 132 valence electrons. The van der Waals surface area contributed by atoms with Crippen LogP contribution in [0.25, 0.3) is 0 Å². The van der Waals surface area contributed by atoms with Gasteiger partial charge >= 0.3 is 0 Å². The zero-order chi connectivity index (χ0) is 17.7. The van der Waals surface area contributed by atoms with E-state index >= 15 is 0 Å². The number of amides is 2. The van der Waals surface area contributed by atoms with E-state index in [-0.39, 0.29) is 31.4 Å². The first-order valence-corrected chi connectivity index (χ1v) is 7.94. The summed E-state index contributed by atoms with van der Waals surface area (Å²) in [4.78, 5) is 26.8. The Morgan fingerprint density at radius 2 is 2.12 bits per heavy atom. The fourth-order valence-electron chi connectivity index (χ4n) is 2.79. The third kappa shape index (κ3) is 4.23. The minimum atomic E-state index is -1.57. The summed E-state index contributed by atoms with van der Waals surface area (Å²) in [6, 6.07) is 6.04. The molecular weight excluding hydrogens is 315 g/mol. The molecule has 1 aromatic rings. The van der Waals surface area contributed by atoms with Crippen molar-refractivity contribution in [3.63, 3.8) is 0 Å². The standard InChI is InChI=1S/C17H23FN2O4/c1-13(21)20-9-5-8-17(23,12-20)16(22)19(2)10-11-24-15-7-4-3-6-14(15)18/h3-4,6-7,23H,5,8-12H2,1-2H3/t17-/m0/s1. The van der Waals surface area contributed by atoms with Crippen molar-refractivity contribution < 1.29 is 23.8 Å². The number of carbonyl (C=O) groups excluding carboxylic acids is 2. The summed E-state index contributed by atoms with van der Waals surface area (Å²) in [6.07, 6.45) is 0.884. The Bertz CT molecular complexity index is 610. The highest BCUT2D eigenvalue weighted by Gasteiger charge is 2.42. The van der Waals surface area contributed by atoms with E-state index in [0.717, 1.165) is 0 Å². The molecule has 1 N–H and O–H groups in total. The number of piperidine rings is 1. The number of halogens is 1. The predicted octanol–water partition coefficient (Wildman–Crippen LogP) is 1.04. The van der Waals surface area contributed by atoms with Crippen LogP contribution in [0.2, 0.25) is 0 Å². The van der Waals surface area contributed by atoms with Gasteiger partial charge < -0.3 is 19.6 Å². The lowest BCUT2D eigenvalue weighted by Crippen LogP contribution is -2.58. The number of likely N-dealkylation sites (N-methyl/N-ethyl adjacent to an activating group) is 1. The molecule has 0 aliphatic carbocycles. The Labute approximate surface area is 140 Å². The number of carbonyl (C=O) groups is 2. The molecule has 0 saturated carbocycles. The Balaban J connectivity index is 1.89. The lowest BCUT2D eigenvalue weighted by molar-refractivity contribution is -0.159. The van der Waals surface area contributed by atoms with Crippen molar-refractivity contribution in [1.82, 2.24) is 9.80 Å². The summed E-state index contributed by atoms with van der Waals surface area (Å²) < 4.78 is 18.8. The minimum absolute atomic E-state index is 0.000320. The topological polar surface area (TPSA) is 70.1 Å². The van der Waals surface area contributed by atoms with Crippen LogP contribution in [-0.4, -0.2) is 65.6 Å². The van der Waals surface area contributed by atoms with Crippen molar-refractivity contribution in [3.05, 3.63) is 30.1 Å². The number of likely N-dealkylation sites (tertiary alicyclic amines) is 1. The van der Waals surface area contributed by atoms with Crippen LogP contribution in [0, 0.1) is 5.82 Å². The van der Waals surface area contributed by atoms with Crippen molar-refractivity contribution in [2.24, 2.45) is 0 Å². The Morgan fingerprint density at radius 3 is 2.79 bits per heavy atom. The normalized spacial score (nSPS) is 20.6. The molecule has 1 aliphatic heterocycles. The fourth-order valence-corrected chi connectivity index (χ4v) is 2.79. The van der Waals surface area contributed by atoms with Gasteiger partial charge in [-0.25, -0.2) is 4.39 Å². The summed E-state index contributed by atoms with van der Waals surface area (Å²) in [5, 5.41) is 10.6. The number of benzene rings is 1. The Hall–Kier alpha value is -2.15. The van der Waals surface area contributed by atoms with Crippen LogP contribution < -0.4 is 4.74 Å². The first-order valence-electron chi connectivity index (χ1n) is 7.94. The molecule has 0 radical (unpaired) electrons. The number of para-hydroxylation sites is 1. The van der Waals surface area contributed by atoms with Gasteiger partial charge in [0.05, 0.1) is 13.1 Å². The molecule has 1 saturated heterocycles. The maximum atomic E-state index is 13.5. The molecule has 0 bridgehead atoms. The van der Waals surface area contributed by atoms with Crippen LogP contribution in [0.3, 0.4) is 0 Å². The third-order valence-corrected chi connectivity index (χ3v) is 4.18. The van der Waals surface area contributed by atoms with Crippen LogP contribution in [0.1, 0.15) is 19.8 Å². The van der Waals surface area contributed by atoms with Crippen LogP contribution in [-0.2, 0) is 9.59 Å². The summed E-state index contributed by atoms with van der Waals surface area (Å²) in [6.45, 7) is 2.28. The molecule has 7 heteroatoms. The monoisotopic (exact) mass is 338 g/mol. The molecule has 2 rings (SSSR count). The maximum absolute atomic E-state index is 13.5. The second-order valence-electron chi connectivity index (χ2n) is 6.08. The van der Waals surface area contributed by atoms with E-state index in [4.69, 9.17) is 4.74 Å². The van der Waals surface area contributed by atoms with Crippen molar-refractivity contribution in [3.8, 4) is 5.75 Å². The summed E-state index contributed by atoms with van der Waals surface area (Å²) in [7, 11) is 1.55. The number of β-amino-alcohol motifs (C(OH)–C–C–N with tert-alkyl or cyclic N) is 1. The second kappa shape index (κ2) is 7.61. The molecule has 0 aromatic heterocycles. The van der Waals surface area contributed by atoms with Gasteiger partial charge in [0.15, 0.2) is 17.2 Å². The summed E-state index contributed by atoms with van der Waals surface area (Å²) in [5.74, 6) is -0.955. The highest BCUT2D eigenvalue weighted by Crippen LogP contribution is 2.23. The van der Waals surface area contributed by atoms with Gasteiger partial charge in [-0.05, 0) is 25.0 Å². The molecule has 1 aromatic carbocycles. The minimum Gasteiger partial charge on any atom is -0.489 e. The molecule has 2 amide bonds. The lowest BCUT2D eigenvalue weighted by Gasteiger charge is -2.39. The first kappa shape index (κ1) is 18.2. The number of rotatable bonds is 5. The first-order chi connectivity index (χ1) is 11.3. The SMILES string of the molecule is CC(=O)N1CCC[C@@](O)(C(=O)N(C)CCOc2ccccc2F)C1. The molecule has 0 spiro atoms. The maximum Gasteiger partial charge on any atom is 0.256 e. The van der Waals surface area contributed by atoms with Crippen molar-refractivity contribution in [1.29, 1.82) is 0 Å². The number of hydrogen-bond acceptors (Lipinski definition) is 4. The third-order valence-electron chi connectivity index (χ3n) is 4.18. The molecule has 1 fully saturated rings. The highest BCUT2D eigenvalue weighted by molar-refractivity contribution is 5.86. The molecule has 6 nitrogen and oxygen atoms in total. The van der Waals surface area contributed by atoms with Gasteiger partial charge in [0.25, 0.3) is 5.91 Å². The van der Waals surface area contributed by atoms with Gasteiger partial charge in [-0.3, -0.25) is 9.59 Å². The lowest BCUT2D eigenvalue weighted by atomic mass is 9.91. The number of nitrogens with zero attached hydrogens (tertiary/aromatic N) is 2. The Morgan fingerprint density at radius 1 is 1.42 bits per heavy atom. The number of aliphatic hydroxyl groups is 1. The number of ether oxygens (including phenoxy) is 1. The van der Waals surface area contributed by atoms with E-state index in [2.05, 4.69) is 0 Å². The van der Waals surface area contributed by atoms with Gasteiger partial charge in [0.1, 0.15) is 6.61 Å². The Kier molecular flexibility index (Phi) is 5.77. The average molecular weight is 338 g/mol. The molecule has 0 unspecified atom stereocenters. The van der Waals surface area contributed by atoms with Crippen molar-refractivity contribution in [2.45, 2.75) is 25.4 Å². The quantitative estimate of drug-likeness (QED) is 0.871. The van der Waals surface area contributed by atoms with Crippen LogP contribution in [0.5, 0.6) is 5.75 Å². The van der Waals surface area contributed by atoms with E-state index in [1.807, 2.05) is 0 Å². The smallest absolute Gasteiger partial charge is 0.256 e. The van der Waals surface area contributed by atoms with E-state index in [9.17, 15) is 19.1 Å². The molecule has 1 atom stereocenters. The summed E-state index contributed by atoms with van der Waals surface area (Å²) in [5.41, 5.74) is -1.57. The average Bonchev–Trinajstić information content (AvgIpc) is 2.55. The zero-order valence-electron chi connectivity index (χ0n) is 14.0. The van der Waals surface area contributed by atoms with E-state index < -0.39 is 17.3 Å². The fraction of sp³-hybridized carbons (Fsp3) is 0.529. The van der Waals surface area contributed by atoms with Gasteiger partial charge in [-0.1, -0.05) is 12.1 Å². The molecule has 1 heterocycles. The predicted molar refractivity (Wildman–Crippen MR) is 86.0 cm³/mol. The van der Waals surface area contributed by atoms with E-state index in [1.54, 1.807) is 19.2 Å². The van der Waals surface area contributed by atoms with Crippen LogP contribution >= 0.6 is 0 Å². The molecule has 24 heavy (non-hydrogen) atoms. The van der Waals surface area contributed by atoms with Gasteiger partial charge in [-0.15, -0.1) is 0 Å². The largest absolute Gasteiger partial charge is 0.489 e. The van der Waals surface area contributed by atoms with Crippen LogP contribution in [0.15, 0.2) is 24.3 Å². The summed E-state index contributed by atoms with van der Waals surface area (Å²) >= 11 is 0. The number of hydrogen-bond donors (Lipinski definition) is 1. The highest BCUT2D eigenvalue weighted by atomic mass is 19.1.